The molecule has 0 radical (unpaired) electrons. The molecule has 0 N–H and O–H groups in total. The van der Waals surface area contributed by atoms with Crippen LogP contribution in [-0.4, -0.2) is 28.9 Å². The van der Waals surface area contributed by atoms with Crippen LogP contribution < -0.4 is 0 Å². The van der Waals surface area contributed by atoms with E-state index in [0.29, 0.717) is 17.3 Å². The van der Waals surface area contributed by atoms with E-state index in [9.17, 15) is 4.79 Å². The van der Waals surface area contributed by atoms with Gasteiger partial charge in [0.15, 0.2) is 5.69 Å². The summed E-state index contributed by atoms with van der Waals surface area (Å²) in [6.45, 7) is 10.2. The molecule has 0 spiro atoms. The van der Waals surface area contributed by atoms with Gasteiger partial charge in [0.25, 0.3) is 5.91 Å². The van der Waals surface area contributed by atoms with Crippen LogP contribution in [0.1, 0.15) is 43.9 Å². The van der Waals surface area contributed by atoms with Crippen LogP contribution in [0.15, 0.2) is 34.7 Å². The number of amides is 1. The number of rotatable bonds is 3. The van der Waals surface area contributed by atoms with Crippen LogP contribution in [0, 0.1) is 12.3 Å². The van der Waals surface area contributed by atoms with Crippen molar-refractivity contribution in [1.82, 2.24) is 9.88 Å². The van der Waals surface area contributed by atoms with Crippen molar-refractivity contribution in [1.29, 1.82) is 0 Å². The predicted molar refractivity (Wildman–Crippen MR) is 87.7 cm³/mol. The Labute approximate surface area is 132 Å². The van der Waals surface area contributed by atoms with E-state index in [1.54, 1.807) is 11.8 Å². The van der Waals surface area contributed by atoms with Crippen molar-refractivity contribution in [3.63, 3.8) is 0 Å². The molecule has 0 aliphatic heterocycles. The molecule has 2 aromatic rings. The van der Waals surface area contributed by atoms with E-state index in [1.807, 2.05) is 44.3 Å². The molecule has 118 valence electrons. The number of oxazole rings is 1. The summed E-state index contributed by atoms with van der Waals surface area (Å²) >= 11 is 0. The van der Waals surface area contributed by atoms with Crippen LogP contribution in [0.3, 0.4) is 0 Å². The van der Waals surface area contributed by atoms with Crippen LogP contribution in [0.2, 0.25) is 0 Å². The van der Waals surface area contributed by atoms with Crippen LogP contribution >= 0.6 is 0 Å². The summed E-state index contributed by atoms with van der Waals surface area (Å²) in [5, 5.41) is 0. The second-order valence-electron chi connectivity index (χ2n) is 6.75. The minimum atomic E-state index is -0.106. The molecule has 1 aromatic heterocycles. The summed E-state index contributed by atoms with van der Waals surface area (Å²) in [5.41, 5.74) is 1.26. The zero-order valence-corrected chi connectivity index (χ0v) is 14.2. The Hall–Kier alpha value is -2.10. The predicted octanol–water partition coefficient (Wildman–Crippen LogP) is 4.16. The largest absolute Gasteiger partial charge is 0.441 e. The normalized spacial score (nSPS) is 13.0. The fourth-order valence-corrected chi connectivity index (χ4v) is 2.22. The molecule has 4 nitrogen and oxygen atoms in total. The first-order chi connectivity index (χ1) is 10.2. The van der Waals surface area contributed by atoms with E-state index in [1.165, 1.54) is 0 Å². The molecule has 0 saturated carbocycles. The molecule has 1 aromatic carbocycles. The SMILES string of the molecule is Cc1oc(-c2ccccc2)nc1C(=O)N(C)[C@@H](C)C(C)(C)C. The molecule has 4 heteroatoms. The van der Waals surface area contributed by atoms with Crippen molar-refractivity contribution in [2.45, 2.75) is 40.7 Å². The molecule has 2 rings (SSSR count). The third-order valence-electron chi connectivity index (χ3n) is 4.17. The van der Waals surface area contributed by atoms with Crippen LogP contribution in [0.4, 0.5) is 0 Å². The van der Waals surface area contributed by atoms with Gasteiger partial charge in [0.05, 0.1) is 0 Å². The lowest BCUT2D eigenvalue weighted by atomic mass is 9.87. The van der Waals surface area contributed by atoms with Crippen molar-refractivity contribution in [2.24, 2.45) is 5.41 Å². The highest BCUT2D eigenvalue weighted by atomic mass is 16.4. The fourth-order valence-electron chi connectivity index (χ4n) is 2.22. The highest BCUT2D eigenvalue weighted by Crippen LogP contribution is 2.26. The Balaban J connectivity index is 2.30. The van der Waals surface area contributed by atoms with Crippen LogP contribution in [0.5, 0.6) is 0 Å². The second-order valence-corrected chi connectivity index (χ2v) is 6.75. The molecule has 1 atom stereocenters. The third-order valence-corrected chi connectivity index (χ3v) is 4.17. The van der Waals surface area contributed by atoms with Crippen molar-refractivity contribution in [3.8, 4) is 11.5 Å². The molecule has 0 aliphatic carbocycles. The standard InChI is InChI=1S/C18H24N2O2/c1-12-15(17(21)20(6)13(2)18(3,4)5)19-16(22-12)14-10-8-7-9-11-14/h7-11,13H,1-6H3/t13-/m0/s1. The first-order valence-electron chi connectivity index (χ1n) is 7.52. The number of hydrogen-bond donors (Lipinski definition) is 0. The van der Waals surface area contributed by atoms with E-state index in [-0.39, 0.29) is 17.4 Å². The summed E-state index contributed by atoms with van der Waals surface area (Å²) < 4.78 is 5.68. The molecular formula is C18H24N2O2. The van der Waals surface area contributed by atoms with Gasteiger partial charge in [0.2, 0.25) is 5.89 Å². The summed E-state index contributed by atoms with van der Waals surface area (Å²) in [5.74, 6) is 0.931. The lowest BCUT2D eigenvalue weighted by Gasteiger charge is -2.35. The monoisotopic (exact) mass is 300 g/mol. The maximum atomic E-state index is 12.7. The smallest absolute Gasteiger partial charge is 0.276 e. The molecule has 22 heavy (non-hydrogen) atoms. The van der Waals surface area contributed by atoms with E-state index >= 15 is 0 Å². The van der Waals surface area contributed by atoms with Gasteiger partial charge in [0, 0.05) is 18.7 Å². The average Bonchev–Trinajstić information content (AvgIpc) is 2.87. The van der Waals surface area contributed by atoms with Crippen LogP contribution in [-0.2, 0) is 0 Å². The number of hydrogen-bond acceptors (Lipinski definition) is 3. The maximum Gasteiger partial charge on any atom is 0.276 e. The van der Waals surface area contributed by atoms with Crippen molar-refractivity contribution >= 4 is 5.91 Å². The molecule has 0 fully saturated rings. The molecule has 0 unspecified atom stereocenters. The summed E-state index contributed by atoms with van der Waals surface area (Å²) in [7, 11) is 1.81. The Kier molecular flexibility index (Phi) is 4.40. The number of carbonyl (C=O) groups is 1. The van der Waals surface area contributed by atoms with Crippen molar-refractivity contribution in [3.05, 3.63) is 41.8 Å². The number of carbonyl (C=O) groups excluding carboxylic acids is 1. The first kappa shape index (κ1) is 16.3. The van der Waals surface area contributed by atoms with Gasteiger partial charge in [-0.25, -0.2) is 4.98 Å². The molecule has 0 aliphatic rings. The van der Waals surface area contributed by atoms with Gasteiger partial charge in [-0.15, -0.1) is 0 Å². The molecule has 1 amide bonds. The minimum Gasteiger partial charge on any atom is -0.441 e. The number of nitrogens with zero attached hydrogens (tertiary/aromatic N) is 2. The van der Waals surface area contributed by atoms with Crippen molar-refractivity contribution < 1.29 is 9.21 Å². The summed E-state index contributed by atoms with van der Waals surface area (Å²) in [4.78, 5) is 18.8. The number of aryl methyl sites for hydroxylation is 1. The lowest BCUT2D eigenvalue weighted by Crippen LogP contribution is -2.43. The Morgan fingerprint density at radius 2 is 1.82 bits per heavy atom. The Morgan fingerprint density at radius 3 is 2.36 bits per heavy atom. The van der Waals surface area contributed by atoms with Gasteiger partial charge in [-0.05, 0) is 31.4 Å². The van der Waals surface area contributed by atoms with Gasteiger partial charge in [0.1, 0.15) is 5.76 Å². The van der Waals surface area contributed by atoms with Gasteiger partial charge in [-0.2, -0.15) is 0 Å². The fraction of sp³-hybridized carbons (Fsp3) is 0.444. The highest BCUT2D eigenvalue weighted by Gasteiger charge is 2.30. The third kappa shape index (κ3) is 3.21. The lowest BCUT2D eigenvalue weighted by molar-refractivity contribution is 0.0622. The van der Waals surface area contributed by atoms with Crippen molar-refractivity contribution in [2.75, 3.05) is 7.05 Å². The van der Waals surface area contributed by atoms with E-state index in [0.717, 1.165) is 5.56 Å². The Bertz CT molecular complexity index is 653. The maximum absolute atomic E-state index is 12.7. The minimum absolute atomic E-state index is 0.00428. The Morgan fingerprint density at radius 1 is 1.23 bits per heavy atom. The van der Waals surface area contributed by atoms with Gasteiger partial charge in [-0.1, -0.05) is 39.0 Å². The van der Waals surface area contributed by atoms with E-state index in [4.69, 9.17) is 4.42 Å². The topological polar surface area (TPSA) is 46.3 Å². The van der Waals surface area contributed by atoms with Crippen LogP contribution in [0.25, 0.3) is 11.5 Å². The quantitative estimate of drug-likeness (QED) is 0.855. The molecular weight excluding hydrogens is 276 g/mol. The highest BCUT2D eigenvalue weighted by molar-refractivity contribution is 5.93. The van der Waals surface area contributed by atoms with Gasteiger partial charge >= 0.3 is 0 Å². The van der Waals surface area contributed by atoms with Gasteiger partial charge < -0.3 is 9.32 Å². The van der Waals surface area contributed by atoms with Gasteiger partial charge in [-0.3, -0.25) is 4.79 Å². The zero-order chi connectivity index (χ0) is 16.5. The summed E-state index contributed by atoms with van der Waals surface area (Å²) in [6.07, 6.45) is 0. The molecule has 0 saturated heterocycles. The zero-order valence-electron chi connectivity index (χ0n) is 14.2. The summed E-state index contributed by atoms with van der Waals surface area (Å²) in [6, 6.07) is 9.71. The number of aromatic nitrogens is 1. The van der Waals surface area contributed by atoms with E-state index < -0.39 is 0 Å². The molecule has 0 bridgehead atoms. The van der Waals surface area contributed by atoms with E-state index in [2.05, 4.69) is 25.8 Å². The second kappa shape index (κ2) is 5.95. The average molecular weight is 300 g/mol. The number of benzene rings is 1. The molecule has 1 heterocycles. The first-order valence-corrected chi connectivity index (χ1v) is 7.52.